The first-order valence-electron chi connectivity index (χ1n) is 8.04. The van der Waals surface area contributed by atoms with Crippen molar-refractivity contribution in [1.29, 1.82) is 0 Å². The van der Waals surface area contributed by atoms with E-state index >= 15 is 0 Å². The van der Waals surface area contributed by atoms with E-state index in [1.54, 1.807) is 13.3 Å². The number of benzene rings is 1. The van der Waals surface area contributed by atoms with E-state index in [1.807, 2.05) is 36.6 Å². The fraction of sp³-hybridized carbons (Fsp3) is 0.188. The molecule has 0 atom stereocenters. The smallest absolute Gasteiger partial charge is 0.264 e. The molecule has 0 radical (unpaired) electrons. The number of nitrogen functional groups attached to an aromatic ring is 1. The number of nitrogens with one attached hydrogen (secondary N) is 2. The van der Waals surface area contributed by atoms with E-state index in [2.05, 4.69) is 31.0 Å². The number of nitrogens with two attached hydrogens (primary N) is 1. The van der Waals surface area contributed by atoms with E-state index in [4.69, 9.17) is 10.6 Å². The Morgan fingerprint density at radius 2 is 2.25 bits per heavy atom. The first-order chi connectivity index (χ1) is 13.6. The van der Waals surface area contributed by atoms with Crippen molar-refractivity contribution in [2.45, 2.75) is 12.1 Å². The van der Waals surface area contributed by atoms with Crippen LogP contribution in [0.4, 0.5) is 11.1 Å². The summed E-state index contributed by atoms with van der Waals surface area (Å²) < 4.78 is 6.48. The Balaban J connectivity index is 1.54. The Labute approximate surface area is 169 Å². The van der Waals surface area contributed by atoms with Gasteiger partial charge in [-0.2, -0.15) is 5.10 Å². The van der Waals surface area contributed by atoms with Gasteiger partial charge in [-0.1, -0.05) is 23.9 Å². The van der Waals surface area contributed by atoms with Crippen molar-refractivity contribution in [3.63, 3.8) is 0 Å². The zero-order chi connectivity index (χ0) is 19.9. The largest absolute Gasteiger partial charge is 0.496 e. The second kappa shape index (κ2) is 9.19. The number of aromatic nitrogens is 4. The molecule has 0 fully saturated rings. The molecule has 4 N–H and O–H groups in total. The van der Waals surface area contributed by atoms with Gasteiger partial charge in [-0.15, -0.1) is 21.5 Å². The molecule has 0 saturated carbocycles. The highest BCUT2D eigenvalue weighted by Crippen LogP contribution is 2.19. The van der Waals surface area contributed by atoms with Crippen molar-refractivity contribution in [1.82, 2.24) is 19.9 Å². The molecule has 0 bridgehead atoms. The normalized spacial score (nSPS) is 10.9. The zero-order valence-corrected chi connectivity index (χ0v) is 16.8. The van der Waals surface area contributed by atoms with Gasteiger partial charge in [0.2, 0.25) is 11.1 Å². The van der Waals surface area contributed by atoms with E-state index in [1.165, 1.54) is 16.0 Å². The van der Waals surface area contributed by atoms with Gasteiger partial charge in [0.1, 0.15) is 5.75 Å². The number of thioether (sulfide) groups is 1. The molecule has 0 aliphatic rings. The molecule has 0 aliphatic carbocycles. The molecule has 2 aromatic heterocycles. The van der Waals surface area contributed by atoms with Gasteiger partial charge >= 0.3 is 0 Å². The fourth-order valence-corrected chi connectivity index (χ4v) is 3.44. The second-order valence-electron chi connectivity index (χ2n) is 5.42. The molecule has 146 valence electrons. The average molecular weight is 419 g/mol. The Kier molecular flexibility index (Phi) is 6.45. The first kappa shape index (κ1) is 19.6. The average Bonchev–Trinajstić information content (AvgIpc) is 3.26. The van der Waals surface area contributed by atoms with Gasteiger partial charge in [0, 0.05) is 10.9 Å². The number of hydrogen-bond acceptors (Lipinski definition) is 10. The lowest BCUT2D eigenvalue weighted by atomic mass is 10.2. The predicted octanol–water partition coefficient (Wildman–Crippen LogP) is 1.94. The van der Waals surface area contributed by atoms with Crippen LogP contribution in [0.1, 0.15) is 11.3 Å². The van der Waals surface area contributed by atoms with Gasteiger partial charge in [-0.25, -0.2) is 15.1 Å². The third kappa shape index (κ3) is 4.98. The van der Waals surface area contributed by atoms with Crippen molar-refractivity contribution < 1.29 is 9.53 Å². The molecule has 1 aromatic carbocycles. The predicted molar refractivity (Wildman–Crippen MR) is 111 cm³/mol. The number of thiazole rings is 1. The minimum absolute atomic E-state index is 0.123. The number of hydrazone groups is 1. The van der Waals surface area contributed by atoms with Crippen LogP contribution in [0.2, 0.25) is 0 Å². The number of carbonyl (C=O) groups excluding carboxylic acids is 1. The van der Waals surface area contributed by atoms with Gasteiger partial charge in [0.05, 0.1) is 24.8 Å². The first-order valence-corrected chi connectivity index (χ1v) is 9.90. The number of methoxy groups -OCH3 is 1. The number of ether oxygens (including phenoxy) is 1. The zero-order valence-electron chi connectivity index (χ0n) is 15.1. The summed E-state index contributed by atoms with van der Waals surface area (Å²) in [6.45, 7) is 1.86. The maximum atomic E-state index is 12.0. The second-order valence-corrected chi connectivity index (χ2v) is 7.22. The summed E-state index contributed by atoms with van der Waals surface area (Å²) >= 11 is 2.53. The summed E-state index contributed by atoms with van der Waals surface area (Å²) in [5.41, 5.74) is 4.38. The highest BCUT2D eigenvalue weighted by atomic mass is 32.2. The fourth-order valence-electron chi connectivity index (χ4n) is 2.08. The molecule has 3 rings (SSSR count). The third-order valence-electron chi connectivity index (χ3n) is 3.37. The van der Waals surface area contributed by atoms with Crippen molar-refractivity contribution in [3.8, 4) is 5.75 Å². The standard InChI is InChI=1S/C16H18N8O2S2/c1-10-8-27-15(19-10)20-13(25)9-28-16-23-22-14(24(16)17)21-18-7-11-5-3-4-6-12(11)26-2/h3-8H,9,17H2,1-2H3,(H,21,22)(H,19,20,25)/b18-7+. The van der Waals surface area contributed by atoms with Crippen LogP contribution in [0.15, 0.2) is 39.9 Å². The molecule has 1 amide bonds. The summed E-state index contributed by atoms with van der Waals surface area (Å²) in [5.74, 6) is 6.80. The number of para-hydroxylation sites is 1. The SMILES string of the molecule is COc1ccccc1/C=N/Nc1nnc(SCC(=O)Nc2nc(C)cs2)n1N. The maximum Gasteiger partial charge on any atom is 0.264 e. The molecule has 0 saturated heterocycles. The van der Waals surface area contributed by atoms with Gasteiger partial charge in [-0.3, -0.25) is 4.79 Å². The molecule has 0 aliphatic heterocycles. The molecule has 12 heteroatoms. The minimum Gasteiger partial charge on any atom is -0.496 e. The number of aryl methyl sites for hydroxylation is 1. The lowest BCUT2D eigenvalue weighted by molar-refractivity contribution is -0.113. The van der Waals surface area contributed by atoms with Gasteiger partial charge in [-0.05, 0) is 19.1 Å². The van der Waals surface area contributed by atoms with E-state index in [-0.39, 0.29) is 17.6 Å². The molecule has 28 heavy (non-hydrogen) atoms. The maximum absolute atomic E-state index is 12.0. The van der Waals surface area contributed by atoms with E-state index in [0.29, 0.717) is 16.0 Å². The van der Waals surface area contributed by atoms with Crippen LogP contribution in [0, 0.1) is 6.92 Å². The summed E-state index contributed by atoms with van der Waals surface area (Å²) in [6, 6.07) is 7.44. The molecule has 3 aromatic rings. The van der Waals surface area contributed by atoms with Crippen LogP contribution in [-0.4, -0.2) is 44.8 Å². The van der Waals surface area contributed by atoms with Crippen molar-refractivity contribution in [2.24, 2.45) is 5.10 Å². The minimum atomic E-state index is -0.203. The topological polar surface area (TPSA) is 132 Å². The van der Waals surface area contributed by atoms with Crippen LogP contribution >= 0.6 is 23.1 Å². The van der Waals surface area contributed by atoms with Crippen molar-refractivity contribution >= 4 is 46.3 Å². The van der Waals surface area contributed by atoms with Crippen LogP contribution in [-0.2, 0) is 4.79 Å². The Morgan fingerprint density at radius 3 is 3.00 bits per heavy atom. The van der Waals surface area contributed by atoms with Gasteiger partial charge < -0.3 is 15.9 Å². The van der Waals surface area contributed by atoms with Crippen LogP contribution < -0.4 is 21.3 Å². The van der Waals surface area contributed by atoms with Crippen LogP contribution in [0.5, 0.6) is 5.75 Å². The number of anilines is 2. The quantitative estimate of drug-likeness (QED) is 0.219. The highest BCUT2D eigenvalue weighted by molar-refractivity contribution is 7.99. The Morgan fingerprint density at radius 1 is 1.43 bits per heavy atom. The Hall–Kier alpha value is -3.12. The van der Waals surface area contributed by atoms with Crippen molar-refractivity contribution in [2.75, 3.05) is 29.4 Å². The Bertz CT molecular complexity index is 985. The van der Waals surface area contributed by atoms with E-state index in [0.717, 1.165) is 23.0 Å². The van der Waals surface area contributed by atoms with E-state index < -0.39 is 0 Å². The van der Waals surface area contributed by atoms with E-state index in [9.17, 15) is 4.79 Å². The third-order valence-corrected chi connectivity index (χ3v) is 5.19. The molecule has 0 spiro atoms. The number of hydrogen-bond donors (Lipinski definition) is 3. The number of carbonyl (C=O) groups is 1. The highest BCUT2D eigenvalue weighted by Gasteiger charge is 2.13. The lowest BCUT2D eigenvalue weighted by Crippen LogP contribution is -2.16. The molecular formula is C16H18N8O2S2. The molecule has 10 nitrogen and oxygen atoms in total. The summed E-state index contributed by atoms with van der Waals surface area (Å²) in [5, 5.41) is 17.5. The number of rotatable bonds is 8. The number of amides is 1. The van der Waals surface area contributed by atoms with Crippen molar-refractivity contribution in [3.05, 3.63) is 40.9 Å². The molecule has 0 unspecified atom stereocenters. The molecule has 2 heterocycles. The summed E-state index contributed by atoms with van der Waals surface area (Å²) in [7, 11) is 1.59. The monoisotopic (exact) mass is 418 g/mol. The molecular weight excluding hydrogens is 400 g/mol. The van der Waals surface area contributed by atoms with Crippen LogP contribution in [0.25, 0.3) is 0 Å². The number of nitrogens with zero attached hydrogens (tertiary/aromatic N) is 5. The summed E-state index contributed by atoms with van der Waals surface area (Å²) in [4.78, 5) is 16.2. The van der Waals surface area contributed by atoms with Crippen LogP contribution in [0.3, 0.4) is 0 Å². The lowest BCUT2D eigenvalue weighted by Gasteiger charge is -2.04. The summed E-state index contributed by atoms with van der Waals surface area (Å²) in [6.07, 6.45) is 1.59. The van der Waals surface area contributed by atoms with Gasteiger partial charge in [0.25, 0.3) is 5.95 Å². The van der Waals surface area contributed by atoms with Gasteiger partial charge in [0.15, 0.2) is 5.13 Å².